The van der Waals surface area contributed by atoms with E-state index in [0.717, 1.165) is 23.4 Å². The lowest BCUT2D eigenvalue weighted by Crippen LogP contribution is -2.40. The second-order valence-electron chi connectivity index (χ2n) is 7.40. The van der Waals surface area contributed by atoms with Crippen molar-refractivity contribution in [2.45, 2.75) is 25.6 Å². The SMILES string of the molecule is O=C(NCc1cccnc1)C1CCN(c2ccnc3cc(C(F)(F)F)ccc23)CC1. The fourth-order valence-electron chi connectivity index (χ4n) is 3.80. The van der Waals surface area contributed by atoms with Crippen molar-refractivity contribution in [1.29, 1.82) is 0 Å². The highest BCUT2D eigenvalue weighted by molar-refractivity contribution is 5.92. The predicted molar refractivity (Wildman–Crippen MR) is 108 cm³/mol. The van der Waals surface area contributed by atoms with E-state index in [-0.39, 0.29) is 11.8 Å². The largest absolute Gasteiger partial charge is 0.416 e. The minimum atomic E-state index is -4.40. The molecule has 0 atom stereocenters. The van der Waals surface area contributed by atoms with Crippen molar-refractivity contribution < 1.29 is 18.0 Å². The van der Waals surface area contributed by atoms with Crippen molar-refractivity contribution in [3.8, 4) is 0 Å². The maximum atomic E-state index is 13.0. The zero-order valence-corrected chi connectivity index (χ0v) is 16.2. The Bertz CT molecular complexity index is 1030. The van der Waals surface area contributed by atoms with E-state index < -0.39 is 11.7 Å². The summed E-state index contributed by atoms with van der Waals surface area (Å²) in [5.41, 5.74) is 1.41. The number of fused-ring (bicyclic) bond motifs is 1. The third kappa shape index (κ3) is 4.37. The minimum absolute atomic E-state index is 0.0212. The lowest BCUT2D eigenvalue weighted by molar-refractivity contribution is -0.137. The summed E-state index contributed by atoms with van der Waals surface area (Å²) >= 11 is 0. The van der Waals surface area contributed by atoms with Crippen molar-refractivity contribution >= 4 is 22.5 Å². The third-order valence-electron chi connectivity index (χ3n) is 5.44. The molecule has 1 saturated heterocycles. The number of rotatable bonds is 4. The van der Waals surface area contributed by atoms with Gasteiger partial charge in [0.15, 0.2) is 0 Å². The number of alkyl halides is 3. The molecule has 1 fully saturated rings. The Kier molecular flexibility index (Phi) is 5.57. The summed E-state index contributed by atoms with van der Waals surface area (Å²) in [6, 6.07) is 9.21. The van der Waals surface area contributed by atoms with Crippen LogP contribution in [-0.2, 0) is 17.5 Å². The van der Waals surface area contributed by atoms with Crippen LogP contribution in [0.3, 0.4) is 0 Å². The number of hydrogen-bond acceptors (Lipinski definition) is 4. The number of hydrogen-bond donors (Lipinski definition) is 1. The normalized spacial score (nSPS) is 15.4. The standard InChI is InChI=1S/C22H21F3N4O/c23-22(24,25)17-3-4-18-19(12-17)27-9-5-20(18)29-10-6-16(7-11-29)21(30)28-14-15-2-1-8-26-13-15/h1-5,8-9,12-13,16H,6-7,10-11,14H2,(H,28,30). The maximum Gasteiger partial charge on any atom is 0.416 e. The first-order chi connectivity index (χ1) is 14.4. The van der Waals surface area contributed by atoms with Crippen LogP contribution in [0, 0.1) is 5.92 Å². The molecule has 2 aromatic heterocycles. The smallest absolute Gasteiger partial charge is 0.371 e. The molecule has 1 aromatic carbocycles. The molecule has 1 aliphatic rings. The number of aromatic nitrogens is 2. The first kappa shape index (κ1) is 20.1. The van der Waals surface area contributed by atoms with Gasteiger partial charge in [0, 0.05) is 55.2 Å². The Morgan fingerprint density at radius 1 is 1.13 bits per heavy atom. The molecule has 0 bridgehead atoms. The summed E-state index contributed by atoms with van der Waals surface area (Å²) in [6.45, 7) is 1.76. The van der Waals surface area contributed by atoms with Crippen LogP contribution in [0.2, 0.25) is 0 Å². The molecule has 1 aliphatic heterocycles. The summed E-state index contributed by atoms with van der Waals surface area (Å²) in [6.07, 6.45) is 1.92. The van der Waals surface area contributed by atoms with Gasteiger partial charge in [-0.1, -0.05) is 12.1 Å². The number of piperidine rings is 1. The van der Waals surface area contributed by atoms with Gasteiger partial charge in [-0.3, -0.25) is 14.8 Å². The van der Waals surface area contributed by atoms with Crippen LogP contribution < -0.4 is 10.2 Å². The molecule has 0 aliphatic carbocycles. The van der Waals surface area contributed by atoms with Crippen LogP contribution in [0.15, 0.2) is 55.0 Å². The lowest BCUT2D eigenvalue weighted by atomic mass is 9.95. The number of halogens is 3. The van der Waals surface area contributed by atoms with Gasteiger partial charge in [-0.05, 0) is 42.7 Å². The van der Waals surface area contributed by atoms with E-state index in [2.05, 4.69) is 20.2 Å². The van der Waals surface area contributed by atoms with Crippen molar-refractivity contribution in [3.05, 3.63) is 66.1 Å². The molecule has 3 heterocycles. The fraction of sp³-hybridized carbons (Fsp3) is 0.318. The van der Waals surface area contributed by atoms with E-state index in [0.29, 0.717) is 43.4 Å². The second kappa shape index (κ2) is 8.30. The van der Waals surface area contributed by atoms with Gasteiger partial charge < -0.3 is 10.2 Å². The van der Waals surface area contributed by atoms with E-state index in [4.69, 9.17) is 0 Å². The molecular weight excluding hydrogens is 393 g/mol. The first-order valence-electron chi connectivity index (χ1n) is 9.79. The zero-order chi connectivity index (χ0) is 21.1. The highest BCUT2D eigenvalue weighted by Gasteiger charge is 2.31. The average Bonchev–Trinajstić information content (AvgIpc) is 2.77. The van der Waals surface area contributed by atoms with Gasteiger partial charge in [-0.15, -0.1) is 0 Å². The Balaban J connectivity index is 1.41. The maximum absolute atomic E-state index is 13.0. The summed E-state index contributed by atoms with van der Waals surface area (Å²) in [5.74, 6) is -0.0595. The highest BCUT2D eigenvalue weighted by atomic mass is 19.4. The van der Waals surface area contributed by atoms with Gasteiger partial charge in [0.2, 0.25) is 5.91 Å². The minimum Gasteiger partial charge on any atom is -0.371 e. The molecular formula is C22H21F3N4O. The predicted octanol–water partition coefficient (Wildman–Crippen LogP) is 4.18. The Morgan fingerprint density at radius 2 is 1.93 bits per heavy atom. The summed E-state index contributed by atoms with van der Waals surface area (Å²) in [7, 11) is 0. The first-order valence-corrected chi connectivity index (χ1v) is 9.79. The quantitative estimate of drug-likeness (QED) is 0.696. The van der Waals surface area contributed by atoms with Gasteiger partial charge in [-0.2, -0.15) is 13.2 Å². The van der Waals surface area contributed by atoms with Crippen molar-refractivity contribution in [2.24, 2.45) is 5.92 Å². The van der Waals surface area contributed by atoms with Gasteiger partial charge in [0.25, 0.3) is 0 Å². The number of amides is 1. The molecule has 5 nitrogen and oxygen atoms in total. The number of anilines is 1. The molecule has 1 N–H and O–H groups in total. The number of nitrogens with one attached hydrogen (secondary N) is 1. The molecule has 1 amide bonds. The van der Waals surface area contributed by atoms with Crippen LogP contribution in [0.5, 0.6) is 0 Å². The molecule has 0 spiro atoms. The van der Waals surface area contributed by atoms with Crippen LogP contribution in [0.1, 0.15) is 24.0 Å². The van der Waals surface area contributed by atoms with Crippen LogP contribution in [0.4, 0.5) is 18.9 Å². The third-order valence-corrected chi connectivity index (χ3v) is 5.44. The molecule has 4 rings (SSSR count). The second-order valence-corrected chi connectivity index (χ2v) is 7.40. The lowest BCUT2D eigenvalue weighted by Gasteiger charge is -2.33. The van der Waals surface area contributed by atoms with Crippen LogP contribution >= 0.6 is 0 Å². The molecule has 0 unspecified atom stereocenters. The molecule has 156 valence electrons. The van der Waals surface area contributed by atoms with Gasteiger partial charge in [-0.25, -0.2) is 0 Å². The van der Waals surface area contributed by atoms with E-state index in [1.54, 1.807) is 12.4 Å². The molecule has 30 heavy (non-hydrogen) atoms. The number of carbonyl (C=O) groups is 1. The van der Waals surface area contributed by atoms with E-state index in [9.17, 15) is 18.0 Å². The molecule has 0 radical (unpaired) electrons. The Morgan fingerprint density at radius 3 is 2.63 bits per heavy atom. The van der Waals surface area contributed by atoms with E-state index >= 15 is 0 Å². The highest BCUT2D eigenvalue weighted by Crippen LogP contribution is 2.34. The zero-order valence-electron chi connectivity index (χ0n) is 16.2. The van der Waals surface area contributed by atoms with Gasteiger partial charge in [0.1, 0.15) is 0 Å². The number of benzene rings is 1. The van der Waals surface area contributed by atoms with E-state index in [1.165, 1.54) is 12.3 Å². The van der Waals surface area contributed by atoms with Crippen LogP contribution in [0.25, 0.3) is 10.9 Å². The summed E-state index contributed by atoms with van der Waals surface area (Å²) < 4.78 is 38.9. The number of carbonyl (C=O) groups excluding carboxylic acids is 1. The van der Waals surface area contributed by atoms with E-state index in [1.807, 2.05) is 18.2 Å². The molecule has 0 saturated carbocycles. The van der Waals surface area contributed by atoms with Gasteiger partial charge >= 0.3 is 6.18 Å². The fourth-order valence-corrected chi connectivity index (χ4v) is 3.80. The Hall–Kier alpha value is -3.16. The molecule has 3 aromatic rings. The monoisotopic (exact) mass is 414 g/mol. The topological polar surface area (TPSA) is 58.1 Å². The number of pyridine rings is 2. The molecule has 8 heteroatoms. The summed E-state index contributed by atoms with van der Waals surface area (Å²) in [4.78, 5) is 22.8. The summed E-state index contributed by atoms with van der Waals surface area (Å²) in [5, 5.41) is 3.64. The van der Waals surface area contributed by atoms with Crippen molar-refractivity contribution in [3.63, 3.8) is 0 Å². The van der Waals surface area contributed by atoms with Gasteiger partial charge in [0.05, 0.1) is 11.1 Å². The van der Waals surface area contributed by atoms with Crippen molar-refractivity contribution in [2.75, 3.05) is 18.0 Å². The number of nitrogens with zero attached hydrogens (tertiary/aromatic N) is 3. The van der Waals surface area contributed by atoms with Crippen LogP contribution in [-0.4, -0.2) is 29.0 Å². The average molecular weight is 414 g/mol. The Labute approximate surface area is 171 Å². The van der Waals surface area contributed by atoms with Crippen molar-refractivity contribution in [1.82, 2.24) is 15.3 Å².